The number of ether oxygens (including phenoxy) is 1. The van der Waals surface area contributed by atoms with Crippen LogP contribution in [0.15, 0.2) is 18.3 Å². The Morgan fingerprint density at radius 3 is 2.90 bits per heavy atom. The minimum absolute atomic E-state index is 0.214. The lowest BCUT2D eigenvalue weighted by Gasteiger charge is -2.25. The van der Waals surface area contributed by atoms with E-state index in [0.717, 1.165) is 13.0 Å². The summed E-state index contributed by atoms with van der Waals surface area (Å²) in [6.45, 7) is 9.27. The van der Waals surface area contributed by atoms with Crippen LogP contribution in [0.25, 0.3) is 0 Å². The van der Waals surface area contributed by atoms with Crippen LogP contribution >= 0.6 is 0 Å². The highest BCUT2D eigenvalue weighted by Crippen LogP contribution is 2.18. The first-order chi connectivity index (χ1) is 9.35. The van der Waals surface area contributed by atoms with Gasteiger partial charge in [-0.15, -0.1) is 0 Å². The van der Waals surface area contributed by atoms with Crippen LogP contribution < -0.4 is 5.32 Å². The molecule has 0 spiro atoms. The standard InChI is InChI=1S/C15H25N3O2/c1-11(13-6-5-8-16-13)17-12-7-9-18(10-12)14(19)20-15(2,3)4/h5-6,8,11-12,16-17H,7,9-10H2,1-4H3/t11?,12-/m1/s1. The van der Waals surface area contributed by atoms with Gasteiger partial charge in [0.2, 0.25) is 0 Å². The van der Waals surface area contributed by atoms with Crippen LogP contribution in [-0.2, 0) is 4.74 Å². The van der Waals surface area contributed by atoms with E-state index in [0.29, 0.717) is 12.6 Å². The Hall–Kier alpha value is -1.49. The fourth-order valence-corrected chi connectivity index (χ4v) is 2.45. The van der Waals surface area contributed by atoms with Gasteiger partial charge >= 0.3 is 6.09 Å². The fraction of sp³-hybridized carbons (Fsp3) is 0.667. The summed E-state index contributed by atoms with van der Waals surface area (Å²) >= 11 is 0. The van der Waals surface area contributed by atoms with Gasteiger partial charge in [-0.2, -0.15) is 0 Å². The van der Waals surface area contributed by atoms with Gasteiger partial charge in [0.05, 0.1) is 0 Å². The average molecular weight is 279 g/mol. The van der Waals surface area contributed by atoms with Crippen LogP contribution in [0.5, 0.6) is 0 Å². The largest absolute Gasteiger partial charge is 0.444 e. The third-order valence-electron chi connectivity index (χ3n) is 3.41. The second kappa shape index (κ2) is 5.87. The van der Waals surface area contributed by atoms with Crippen LogP contribution in [0.2, 0.25) is 0 Å². The lowest BCUT2D eigenvalue weighted by atomic mass is 10.2. The molecule has 1 aliphatic rings. The minimum atomic E-state index is -0.430. The van der Waals surface area contributed by atoms with E-state index in [9.17, 15) is 4.79 Å². The number of hydrogen-bond acceptors (Lipinski definition) is 3. The molecule has 1 fully saturated rings. The van der Waals surface area contributed by atoms with Crippen molar-refractivity contribution in [2.75, 3.05) is 13.1 Å². The number of likely N-dealkylation sites (tertiary alicyclic amines) is 1. The van der Waals surface area contributed by atoms with Gasteiger partial charge in [0.15, 0.2) is 0 Å². The van der Waals surface area contributed by atoms with Gasteiger partial charge < -0.3 is 19.9 Å². The van der Waals surface area contributed by atoms with Crippen molar-refractivity contribution < 1.29 is 9.53 Å². The van der Waals surface area contributed by atoms with Gasteiger partial charge in [-0.1, -0.05) is 0 Å². The molecule has 0 saturated carbocycles. The van der Waals surface area contributed by atoms with Crippen molar-refractivity contribution in [2.45, 2.75) is 51.8 Å². The fourth-order valence-electron chi connectivity index (χ4n) is 2.45. The van der Waals surface area contributed by atoms with Gasteiger partial charge in [0.1, 0.15) is 5.60 Å². The highest BCUT2D eigenvalue weighted by atomic mass is 16.6. The predicted octanol–water partition coefficient (Wildman–Crippen LogP) is 2.67. The monoisotopic (exact) mass is 279 g/mol. The third kappa shape index (κ3) is 4.00. The zero-order valence-electron chi connectivity index (χ0n) is 12.8. The van der Waals surface area contributed by atoms with E-state index in [1.165, 1.54) is 5.69 Å². The maximum atomic E-state index is 12.0. The molecule has 1 unspecified atom stereocenters. The smallest absolute Gasteiger partial charge is 0.410 e. The maximum absolute atomic E-state index is 12.0. The number of aromatic nitrogens is 1. The van der Waals surface area contributed by atoms with Gasteiger partial charge in [-0.3, -0.25) is 0 Å². The second-order valence-electron chi connectivity index (χ2n) is 6.43. The molecule has 0 aromatic carbocycles. The predicted molar refractivity (Wildman–Crippen MR) is 78.6 cm³/mol. The summed E-state index contributed by atoms with van der Waals surface area (Å²) < 4.78 is 5.40. The Balaban J connectivity index is 1.82. The molecular formula is C15H25N3O2. The summed E-state index contributed by atoms with van der Waals surface area (Å²) in [4.78, 5) is 17.0. The van der Waals surface area contributed by atoms with Crippen LogP contribution in [0.1, 0.15) is 45.9 Å². The van der Waals surface area contributed by atoms with E-state index < -0.39 is 5.60 Å². The lowest BCUT2D eigenvalue weighted by Crippen LogP contribution is -2.39. The summed E-state index contributed by atoms with van der Waals surface area (Å²) in [6.07, 6.45) is 2.67. The molecule has 2 N–H and O–H groups in total. The van der Waals surface area contributed by atoms with E-state index >= 15 is 0 Å². The van der Waals surface area contributed by atoms with Gasteiger partial charge in [0, 0.05) is 37.1 Å². The molecule has 1 saturated heterocycles. The minimum Gasteiger partial charge on any atom is -0.444 e. The molecule has 112 valence electrons. The van der Waals surface area contributed by atoms with Crippen LogP contribution in [0.3, 0.4) is 0 Å². The summed E-state index contributed by atoms with van der Waals surface area (Å²) in [7, 11) is 0. The van der Waals surface area contributed by atoms with Crippen molar-refractivity contribution >= 4 is 6.09 Å². The van der Waals surface area contributed by atoms with Gasteiger partial charge in [-0.05, 0) is 46.2 Å². The molecule has 5 nitrogen and oxygen atoms in total. The van der Waals surface area contributed by atoms with Crippen molar-refractivity contribution in [1.82, 2.24) is 15.2 Å². The van der Waals surface area contributed by atoms with Crippen LogP contribution in [0.4, 0.5) is 4.79 Å². The zero-order chi connectivity index (χ0) is 14.8. The SMILES string of the molecule is CC(N[C@@H]1CCN(C(=O)OC(C)(C)C)C1)c1ccc[nH]1. The first-order valence-corrected chi connectivity index (χ1v) is 7.22. The molecule has 1 aliphatic heterocycles. The van der Waals surface area contributed by atoms with E-state index in [-0.39, 0.29) is 12.1 Å². The van der Waals surface area contributed by atoms with E-state index in [1.54, 1.807) is 4.90 Å². The van der Waals surface area contributed by atoms with E-state index in [2.05, 4.69) is 23.3 Å². The molecule has 0 radical (unpaired) electrons. The summed E-state index contributed by atoms with van der Waals surface area (Å²) in [6, 6.07) is 4.64. The molecule has 0 bridgehead atoms. The Kier molecular flexibility index (Phi) is 4.38. The molecule has 2 rings (SSSR count). The maximum Gasteiger partial charge on any atom is 0.410 e. The molecule has 1 aromatic heterocycles. The van der Waals surface area contributed by atoms with E-state index in [4.69, 9.17) is 4.74 Å². The van der Waals surface area contributed by atoms with E-state index in [1.807, 2.05) is 33.0 Å². The number of hydrogen-bond donors (Lipinski definition) is 2. The Bertz CT molecular complexity index is 436. The Morgan fingerprint density at radius 1 is 1.55 bits per heavy atom. The molecule has 2 heterocycles. The highest BCUT2D eigenvalue weighted by Gasteiger charge is 2.30. The van der Waals surface area contributed by atoms with Crippen LogP contribution in [0, 0.1) is 0 Å². The number of nitrogens with zero attached hydrogens (tertiary/aromatic N) is 1. The Morgan fingerprint density at radius 2 is 2.30 bits per heavy atom. The molecule has 0 aliphatic carbocycles. The van der Waals surface area contributed by atoms with Crippen molar-refractivity contribution in [1.29, 1.82) is 0 Å². The number of H-pyrrole nitrogens is 1. The Labute approximate surface area is 120 Å². The van der Waals surface area contributed by atoms with Crippen molar-refractivity contribution in [3.63, 3.8) is 0 Å². The van der Waals surface area contributed by atoms with Crippen molar-refractivity contribution in [3.8, 4) is 0 Å². The molecule has 1 amide bonds. The summed E-state index contributed by atoms with van der Waals surface area (Å²) in [5, 5.41) is 3.55. The van der Waals surface area contributed by atoms with Crippen molar-refractivity contribution in [2.24, 2.45) is 0 Å². The number of aromatic amines is 1. The third-order valence-corrected chi connectivity index (χ3v) is 3.41. The number of carbonyl (C=O) groups excluding carboxylic acids is 1. The molecule has 1 aromatic rings. The summed E-state index contributed by atoms with van der Waals surface area (Å²) in [5.74, 6) is 0. The number of nitrogens with one attached hydrogen (secondary N) is 2. The first kappa shape index (κ1) is 14.9. The number of rotatable bonds is 3. The topological polar surface area (TPSA) is 57.4 Å². The molecule has 5 heteroatoms. The molecule has 2 atom stereocenters. The first-order valence-electron chi connectivity index (χ1n) is 7.22. The zero-order valence-corrected chi connectivity index (χ0v) is 12.8. The highest BCUT2D eigenvalue weighted by molar-refractivity contribution is 5.68. The second-order valence-corrected chi connectivity index (χ2v) is 6.43. The van der Waals surface area contributed by atoms with Gasteiger partial charge in [0.25, 0.3) is 0 Å². The lowest BCUT2D eigenvalue weighted by molar-refractivity contribution is 0.0290. The quantitative estimate of drug-likeness (QED) is 0.894. The number of amides is 1. The normalized spacial score (nSPS) is 21.0. The van der Waals surface area contributed by atoms with Crippen LogP contribution in [-0.4, -0.2) is 40.7 Å². The summed E-state index contributed by atoms with van der Waals surface area (Å²) in [5.41, 5.74) is 0.737. The molecular weight excluding hydrogens is 254 g/mol. The van der Waals surface area contributed by atoms with Crippen molar-refractivity contribution in [3.05, 3.63) is 24.0 Å². The number of carbonyl (C=O) groups is 1. The van der Waals surface area contributed by atoms with Gasteiger partial charge in [-0.25, -0.2) is 4.79 Å². The average Bonchev–Trinajstić information content (AvgIpc) is 2.97. The molecule has 20 heavy (non-hydrogen) atoms.